The van der Waals surface area contributed by atoms with Crippen LogP contribution >= 0.6 is 0 Å². The van der Waals surface area contributed by atoms with E-state index in [1.54, 1.807) is 12.4 Å². The summed E-state index contributed by atoms with van der Waals surface area (Å²) < 4.78 is 4.97. The number of hydrogen-bond donors (Lipinski definition) is 1. The van der Waals surface area contributed by atoms with Crippen molar-refractivity contribution in [2.45, 2.75) is 18.9 Å². The number of fused-ring (bicyclic) bond motifs is 1. The Balaban J connectivity index is 1.98. The molecule has 84 valence electrons. The average molecular weight is 219 g/mol. The fourth-order valence-electron chi connectivity index (χ4n) is 2.15. The molecule has 3 heterocycles. The Kier molecular flexibility index (Phi) is 2.21. The fraction of sp³-hybridized carbons (Fsp3) is 0.500. The summed E-state index contributed by atoms with van der Waals surface area (Å²) in [6.45, 7) is 1.61. The Hall–Kier alpha value is -1.69. The van der Waals surface area contributed by atoms with Crippen molar-refractivity contribution in [1.82, 2.24) is 15.1 Å². The summed E-state index contributed by atoms with van der Waals surface area (Å²) in [5.74, 6) is 0.726. The van der Waals surface area contributed by atoms with Crippen LogP contribution in [0.1, 0.15) is 12.8 Å². The van der Waals surface area contributed by atoms with Gasteiger partial charge in [0.2, 0.25) is 11.5 Å². The van der Waals surface area contributed by atoms with E-state index in [1.165, 1.54) is 0 Å². The van der Waals surface area contributed by atoms with E-state index in [1.807, 2.05) is 0 Å². The maximum atomic E-state index is 5.73. The minimum Gasteiger partial charge on any atom is -0.353 e. The molecule has 0 spiro atoms. The van der Waals surface area contributed by atoms with E-state index >= 15 is 0 Å². The van der Waals surface area contributed by atoms with Crippen molar-refractivity contribution in [3.8, 4) is 0 Å². The molecule has 2 N–H and O–H groups in total. The lowest BCUT2D eigenvalue weighted by atomic mass is 10.2. The molecule has 1 saturated heterocycles. The summed E-state index contributed by atoms with van der Waals surface area (Å²) >= 11 is 0. The van der Waals surface area contributed by atoms with E-state index in [0.717, 1.165) is 30.9 Å². The van der Waals surface area contributed by atoms with Crippen molar-refractivity contribution in [1.29, 1.82) is 0 Å². The molecular formula is C10H13N5O. The average Bonchev–Trinajstić information content (AvgIpc) is 2.96. The quantitative estimate of drug-likeness (QED) is 0.794. The summed E-state index contributed by atoms with van der Waals surface area (Å²) in [7, 11) is 0. The molecule has 0 aliphatic carbocycles. The molecule has 0 aromatic carbocycles. The van der Waals surface area contributed by atoms with Crippen LogP contribution in [0.3, 0.4) is 0 Å². The summed E-state index contributed by atoms with van der Waals surface area (Å²) in [4.78, 5) is 10.9. The van der Waals surface area contributed by atoms with Crippen LogP contribution in [0.5, 0.6) is 0 Å². The smallest absolute Gasteiger partial charge is 0.226 e. The Bertz CT molecular complexity index is 497. The highest BCUT2D eigenvalue weighted by Crippen LogP contribution is 2.22. The lowest BCUT2D eigenvalue weighted by Crippen LogP contribution is -2.36. The predicted molar refractivity (Wildman–Crippen MR) is 59.0 cm³/mol. The number of hydrogen-bond acceptors (Lipinski definition) is 6. The minimum atomic E-state index is 0.359. The van der Waals surface area contributed by atoms with Gasteiger partial charge in [0.15, 0.2) is 0 Å². The van der Waals surface area contributed by atoms with Gasteiger partial charge in [-0.1, -0.05) is 5.16 Å². The van der Waals surface area contributed by atoms with Crippen LogP contribution in [0.15, 0.2) is 16.9 Å². The van der Waals surface area contributed by atoms with Crippen LogP contribution in [-0.4, -0.2) is 34.3 Å². The van der Waals surface area contributed by atoms with Gasteiger partial charge in [-0.05, 0) is 12.8 Å². The first-order valence-corrected chi connectivity index (χ1v) is 5.42. The van der Waals surface area contributed by atoms with Crippen molar-refractivity contribution < 1.29 is 4.52 Å². The maximum absolute atomic E-state index is 5.73. The minimum absolute atomic E-state index is 0.359. The molecule has 1 unspecified atom stereocenters. The Morgan fingerprint density at radius 2 is 2.44 bits per heavy atom. The summed E-state index contributed by atoms with van der Waals surface area (Å²) in [6, 6.07) is 0.359. The van der Waals surface area contributed by atoms with Crippen LogP contribution in [-0.2, 0) is 0 Å². The van der Waals surface area contributed by atoms with Gasteiger partial charge in [-0.25, -0.2) is 9.97 Å². The maximum Gasteiger partial charge on any atom is 0.226 e. The number of aromatic nitrogens is 3. The largest absolute Gasteiger partial charge is 0.353 e. The number of nitrogens with zero attached hydrogens (tertiary/aromatic N) is 4. The van der Waals surface area contributed by atoms with Crippen molar-refractivity contribution in [3.63, 3.8) is 0 Å². The van der Waals surface area contributed by atoms with Gasteiger partial charge in [0, 0.05) is 19.1 Å². The van der Waals surface area contributed by atoms with Gasteiger partial charge in [-0.2, -0.15) is 0 Å². The van der Waals surface area contributed by atoms with Crippen molar-refractivity contribution >= 4 is 17.0 Å². The normalized spacial score (nSPS) is 20.8. The zero-order valence-corrected chi connectivity index (χ0v) is 8.83. The van der Waals surface area contributed by atoms with Gasteiger partial charge >= 0.3 is 0 Å². The second-order valence-electron chi connectivity index (χ2n) is 3.97. The van der Waals surface area contributed by atoms with Gasteiger partial charge in [0.05, 0.1) is 12.4 Å². The van der Waals surface area contributed by atoms with Crippen molar-refractivity contribution in [3.05, 3.63) is 12.4 Å². The standard InChI is InChI=1S/C10H13N5O/c11-4-7-2-1-3-15(7)10-12-6-9-8(14-10)5-13-16-9/h5-7H,1-4,11H2. The van der Waals surface area contributed by atoms with E-state index in [2.05, 4.69) is 20.0 Å². The van der Waals surface area contributed by atoms with Crippen LogP contribution in [0.2, 0.25) is 0 Å². The highest BCUT2D eigenvalue weighted by molar-refractivity contribution is 5.71. The van der Waals surface area contributed by atoms with Gasteiger partial charge in [0.25, 0.3) is 0 Å². The molecule has 0 amide bonds. The predicted octanol–water partition coefficient (Wildman–Crippen LogP) is 0.545. The van der Waals surface area contributed by atoms with E-state index < -0.39 is 0 Å². The molecule has 1 fully saturated rings. The molecule has 2 aromatic heterocycles. The molecule has 0 bridgehead atoms. The third kappa shape index (κ3) is 1.42. The van der Waals surface area contributed by atoms with Crippen LogP contribution in [0.4, 0.5) is 5.95 Å². The highest BCUT2D eigenvalue weighted by atomic mass is 16.5. The van der Waals surface area contributed by atoms with E-state index in [9.17, 15) is 0 Å². The lowest BCUT2D eigenvalue weighted by Gasteiger charge is -2.22. The number of anilines is 1. The number of rotatable bonds is 2. The molecule has 2 aromatic rings. The highest BCUT2D eigenvalue weighted by Gasteiger charge is 2.25. The van der Waals surface area contributed by atoms with Gasteiger partial charge < -0.3 is 15.2 Å². The molecule has 3 rings (SSSR count). The summed E-state index contributed by atoms with van der Waals surface area (Å²) in [5.41, 5.74) is 7.09. The number of nitrogens with two attached hydrogens (primary N) is 1. The molecular weight excluding hydrogens is 206 g/mol. The zero-order chi connectivity index (χ0) is 11.0. The van der Waals surface area contributed by atoms with Gasteiger partial charge in [-0.15, -0.1) is 0 Å². The van der Waals surface area contributed by atoms with Gasteiger partial charge in [-0.3, -0.25) is 0 Å². The third-order valence-corrected chi connectivity index (χ3v) is 3.00. The molecule has 1 atom stereocenters. The van der Waals surface area contributed by atoms with E-state index in [0.29, 0.717) is 18.2 Å². The molecule has 6 heteroatoms. The Labute approximate surface area is 92.4 Å². The van der Waals surface area contributed by atoms with E-state index in [-0.39, 0.29) is 0 Å². The first-order valence-electron chi connectivity index (χ1n) is 5.42. The summed E-state index contributed by atoms with van der Waals surface area (Å²) in [5, 5.41) is 3.69. The second kappa shape index (κ2) is 3.71. The topological polar surface area (TPSA) is 81.1 Å². The monoisotopic (exact) mass is 219 g/mol. The molecule has 1 aliphatic heterocycles. The molecule has 0 radical (unpaired) electrons. The molecule has 16 heavy (non-hydrogen) atoms. The van der Waals surface area contributed by atoms with Gasteiger partial charge in [0.1, 0.15) is 5.52 Å². The van der Waals surface area contributed by atoms with Crippen LogP contribution in [0, 0.1) is 0 Å². The second-order valence-corrected chi connectivity index (χ2v) is 3.97. The third-order valence-electron chi connectivity index (χ3n) is 3.00. The first-order chi connectivity index (χ1) is 7.88. The molecule has 6 nitrogen and oxygen atoms in total. The lowest BCUT2D eigenvalue weighted by molar-refractivity contribution is 0.455. The fourth-order valence-corrected chi connectivity index (χ4v) is 2.15. The first kappa shape index (κ1) is 9.53. The SMILES string of the molecule is NCC1CCCN1c1ncc2oncc2n1. The van der Waals surface area contributed by atoms with E-state index in [4.69, 9.17) is 10.3 Å². The Morgan fingerprint density at radius 1 is 1.50 bits per heavy atom. The van der Waals surface area contributed by atoms with Crippen molar-refractivity contribution in [2.75, 3.05) is 18.0 Å². The summed E-state index contributed by atoms with van der Waals surface area (Å²) in [6.07, 6.45) is 5.53. The zero-order valence-electron chi connectivity index (χ0n) is 8.83. The molecule has 0 saturated carbocycles. The van der Waals surface area contributed by atoms with Crippen LogP contribution < -0.4 is 10.6 Å². The Morgan fingerprint density at radius 3 is 3.31 bits per heavy atom. The molecule has 1 aliphatic rings. The van der Waals surface area contributed by atoms with Crippen molar-refractivity contribution in [2.24, 2.45) is 5.73 Å². The van der Waals surface area contributed by atoms with Crippen LogP contribution in [0.25, 0.3) is 11.1 Å².